The fraction of sp³-hybridized carbons (Fsp3) is 0.385. The summed E-state index contributed by atoms with van der Waals surface area (Å²) >= 11 is 0. The molecule has 21 heavy (non-hydrogen) atoms. The van der Waals surface area contributed by atoms with Crippen molar-refractivity contribution in [3.05, 3.63) is 23.8 Å². The zero-order chi connectivity index (χ0) is 15.1. The number of aromatic nitrogens is 2. The van der Waals surface area contributed by atoms with Crippen LogP contribution in [0.5, 0.6) is 0 Å². The zero-order valence-electron chi connectivity index (χ0n) is 11.3. The van der Waals surface area contributed by atoms with Gasteiger partial charge in [-0.1, -0.05) is 0 Å². The summed E-state index contributed by atoms with van der Waals surface area (Å²) in [6.07, 6.45) is 3.38. The number of nitrogens with zero attached hydrogens (tertiary/aromatic N) is 3. The van der Waals surface area contributed by atoms with Crippen molar-refractivity contribution in [3.63, 3.8) is 0 Å². The van der Waals surface area contributed by atoms with Gasteiger partial charge in [0.2, 0.25) is 23.4 Å². The van der Waals surface area contributed by atoms with Crippen LogP contribution in [0.15, 0.2) is 12.4 Å². The fourth-order valence-electron chi connectivity index (χ4n) is 2.63. The van der Waals surface area contributed by atoms with Gasteiger partial charge in [-0.2, -0.15) is 0 Å². The Morgan fingerprint density at radius 1 is 1.33 bits per heavy atom. The minimum atomic E-state index is -0.942. The van der Waals surface area contributed by atoms with E-state index in [-0.39, 0.29) is 25.0 Å². The first-order valence-corrected chi connectivity index (χ1v) is 6.52. The number of imide groups is 2. The number of nitrogens with one attached hydrogen (secondary N) is 1. The normalized spacial score (nSPS) is 22.1. The summed E-state index contributed by atoms with van der Waals surface area (Å²) in [4.78, 5) is 52.7. The van der Waals surface area contributed by atoms with Crippen LogP contribution in [0, 0.1) is 0 Å². The minimum Gasteiger partial charge on any atom is -0.295 e. The summed E-state index contributed by atoms with van der Waals surface area (Å²) in [5.41, 5.74) is 0.695. The molecule has 3 rings (SSSR count). The summed E-state index contributed by atoms with van der Waals surface area (Å²) in [5.74, 6) is -2.05. The summed E-state index contributed by atoms with van der Waals surface area (Å²) in [7, 11) is 1.72. The second-order valence-corrected chi connectivity index (χ2v) is 5.05. The molecule has 1 aromatic heterocycles. The van der Waals surface area contributed by atoms with Crippen molar-refractivity contribution in [2.75, 3.05) is 0 Å². The molecule has 4 amide bonds. The van der Waals surface area contributed by atoms with Crippen molar-refractivity contribution in [3.8, 4) is 0 Å². The molecule has 2 aliphatic rings. The molecule has 0 aromatic carbocycles. The van der Waals surface area contributed by atoms with E-state index < -0.39 is 29.7 Å². The lowest BCUT2D eigenvalue weighted by Gasteiger charge is -2.32. The van der Waals surface area contributed by atoms with Gasteiger partial charge in [0.25, 0.3) is 5.91 Å². The Kier molecular flexibility index (Phi) is 3.00. The number of piperidine rings is 1. The summed E-state index contributed by atoms with van der Waals surface area (Å²) in [6, 6.07) is -0.942. The second-order valence-electron chi connectivity index (χ2n) is 5.05. The molecule has 0 radical (unpaired) electrons. The molecular weight excluding hydrogens is 276 g/mol. The standard InChI is InChI=1S/C13H12N4O4/c1-16-5-4-14-11-8(16)6-10(19)17(13(11)21)7-2-3-9(18)15-12(7)20/h4-5,7H,2-3,6H2,1H3/p+1. The highest BCUT2D eigenvalue weighted by Gasteiger charge is 2.44. The van der Waals surface area contributed by atoms with Crippen molar-refractivity contribution >= 4 is 23.6 Å². The SMILES string of the molecule is C[n+]1ccnc2c1CC(=O)N(C1CCC(=O)NC1=O)C2=O. The number of fused-ring (bicyclic) bond motifs is 1. The Morgan fingerprint density at radius 2 is 2.10 bits per heavy atom. The minimum absolute atomic E-state index is 0.00311. The third-order valence-corrected chi connectivity index (χ3v) is 3.72. The average molecular weight is 289 g/mol. The number of carbonyl (C=O) groups is 4. The first-order valence-electron chi connectivity index (χ1n) is 6.52. The topological polar surface area (TPSA) is 100 Å². The largest absolute Gasteiger partial charge is 0.295 e. The summed E-state index contributed by atoms with van der Waals surface area (Å²) in [6.45, 7) is 0. The average Bonchev–Trinajstić information content (AvgIpc) is 2.42. The van der Waals surface area contributed by atoms with Crippen LogP contribution < -0.4 is 9.88 Å². The van der Waals surface area contributed by atoms with E-state index in [9.17, 15) is 19.2 Å². The van der Waals surface area contributed by atoms with E-state index in [2.05, 4.69) is 10.3 Å². The first-order chi connectivity index (χ1) is 9.99. The molecule has 1 atom stereocenters. The molecule has 8 heteroatoms. The number of hydrogen-bond donors (Lipinski definition) is 1. The maximum absolute atomic E-state index is 12.5. The molecular formula is C13H13N4O4+. The Labute approximate surface area is 119 Å². The molecule has 0 saturated carbocycles. The summed E-state index contributed by atoms with van der Waals surface area (Å²) in [5, 5.41) is 2.15. The van der Waals surface area contributed by atoms with Gasteiger partial charge in [0.1, 0.15) is 19.5 Å². The molecule has 2 aliphatic heterocycles. The van der Waals surface area contributed by atoms with E-state index in [4.69, 9.17) is 0 Å². The van der Waals surface area contributed by atoms with Gasteiger partial charge in [-0.25, -0.2) is 9.55 Å². The van der Waals surface area contributed by atoms with Crippen LogP contribution in [0.1, 0.15) is 29.0 Å². The quantitative estimate of drug-likeness (QED) is 0.487. The Balaban J connectivity index is 1.98. The Morgan fingerprint density at radius 3 is 2.81 bits per heavy atom. The maximum atomic E-state index is 12.5. The molecule has 3 heterocycles. The van der Waals surface area contributed by atoms with E-state index in [0.717, 1.165) is 4.90 Å². The molecule has 1 saturated heterocycles. The molecule has 1 N–H and O–H groups in total. The van der Waals surface area contributed by atoms with Crippen molar-refractivity contribution < 1.29 is 23.7 Å². The molecule has 108 valence electrons. The summed E-state index contributed by atoms with van der Waals surface area (Å²) < 4.78 is 1.67. The van der Waals surface area contributed by atoms with Crippen LogP contribution >= 0.6 is 0 Å². The lowest BCUT2D eigenvalue weighted by molar-refractivity contribution is -0.679. The predicted octanol–water partition coefficient (Wildman–Crippen LogP) is -1.76. The van der Waals surface area contributed by atoms with Gasteiger partial charge in [-0.3, -0.25) is 29.4 Å². The zero-order valence-corrected chi connectivity index (χ0v) is 11.3. The van der Waals surface area contributed by atoms with E-state index >= 15 is 0 Å². The van der Waals surface area contributed by atoms with Crippen molar-refractivity contribution in [2.45, 2.75) is 25.3 Å². The fourth-order valence-corrected chi connectivity index (χ4v) is 2.63. The number of rotatable bonds is 1. The number of aryl methyl sites for hydroxylation is 1. The predicted molar refractivity (Wildman–Crippen MR) is 66.5 cm³/mol. The van der Waals surface area contributed by atoms with Crippen molar-refractivity contribution in [2.24, 2.45) is 7.05 Å². The molecule has 8 nitrogen and oxygen atoms in total. The number of hydrogen-bond acceptors (Lipinski definition) is 5. The molecule has 0 bridgehead atoms. The Hall–Kier alpha value is -2.64. The smallest absolute Gasteiger partial charge is 0.286 e. The van der Waals surface area contributed by atoms with Gasteiger partial charge in [0.15, 0.2) is 11.9 Å². The van der Waals surface area contributed by atoms with Gasteiger partial charge >= 0.3 is 0 Å². The lowest BCUT2D eigenvalue weighted by atomic mass is 10.00. The van der Waals surface area contributed by atoms with Crippen LogP contribution in [-0.2, 0) is 27.9 Å². The van der Waals surface area contributed by atoms with Crippen LogP contribution in [0.2, 0.25) is 0 Å². The highest BCUT2D eigenvalue weighted by molar-refractivity contribution is 6.12. The van der Waals surface area contributed by atoms with E-state index in [1.54, 1.807) is 17.8 Å². The van der Waals surface area contributed by atoms with Gasteiger partial charge in [0.05, 0.1) is 6.20 Å². The number of carbonyl (C=O) groups excluding carboxylic acids is 4. The number of amides is 4. The Bertz CT molecular complexity index is 685. The van der Waals surface area contributed by atoms with Gasteiger partial charge in [-0.15, -0.1) is 0 Å². The van der Waals surface area contributed by atoms with Gasteiger partial charge in [0, 0.05) is 6.42 Å². The molecule has 0 spiro atoms. The lowest BCUT2D eigenvalue weighted by Crippen LogP contribution is -2.59. The molecule has 1 unspecified atom stereocenters. The van der Waals surface area contributed by atoms with E-state index in [1.165, 1.54) is 6.20 Å². The highest BCUT2D eigenvalue weighted by atomic mass is 16.2. The van der Waals surface area contributed by atoms with Crippen LogP contribution in [0.25, 0.3) is 0 Å². The second kappa shape index (κ2) is 4.72. The molecule has 1 fully saturated rings. The molecule has 0 aliphatic carbocycles. The van der Waals surface area contributed by atoms with Crippen LogP contribution in [0.3, 0.4) is 0 Å². The first kappa shape index (κ1) is 13.3. The third kappa shape index (κ3) is 2.08. The monoisotopic (exact) mass is 289 g/mol. The molecule has 1 aromatic rings. The van der Waals surface area contributed by atoms with Gasteiger partial charge in [-0.05, 0) is 6.42 Å². The van der Waals surface area contributed by atoms with E-state index in [1.807, 2.05) is 0 Å². The van der Waals surface area contributed by atoms with Gasteiger partial charge < -0.3 is 0 Å². The van der Waals surface area contributed by atoms with Crippen LogP contribution in [0.4, 0.5) is 0 Å². The maximum Gasteiger partial charge on any atom is 0.286 e. The van der Waals surface area contributed by atoms with Crippen molar-refractivity contribution in [1.29, 1.82) is 0 Å². The highest BCUT2D eigenvalue weighted by Crippen LogP contribution is 2.21. The van der Waals surface area contributed by atoms with Crippen molar-refractivity contribution in [1.82, 2.24) is 15.2 Å². The third-order valence-electron chi connectivity index (χ3n) is 3.72. The van der Waals surface area contributed by atoms with E-state index in [0.29, 0.717) is 5.69 Å². The van der Waals surface area contributed by atoms with Crippen LogP contribution in [-0.4, -0.2) is 39.6 Å².